The SMILES string of the molecule is CN(C)C(=O)c1ccc(Cl)cc1NCc1nc(Cc2ccccc2)no1. The number of hydrogen-bond acceptors (Lipinski definition) is 5. The summed E-state index contributed by atoms with van der Waals surface area (Å²) in [5.41, 5.74) is 2.27. The van der Waals surface area contributed by atoms with Crippen molar-refractivity contribution in [3.63, 3.8) is 0 Å². The lowest BCUT2D eigenvalue weighted by atomic mass is 10.1. The van der Waals surface area contributed by atoms with Gasteiger partial charge in [-0.1, -0.05) is 47.1 Å². The Morgan fingerprint density at radius 1 is 1.19 bits per heavy atom. The predicted octanol–water partition coefficient (Wildman–Crippen LogP) is 3.63. The Kier molecular flexibility index (Phi) is 5.53. The zero-order chi connectivity index (χ0) is 18.5. The Bertz CT molecular complexity index is 894. The second-order valence-electron chi connectivity index (χ2n) is 6.01. The number of halogens is 1. The van der Waals surface area contributed by atoms with Gasteiger partial charge in [-0.3, -0.25) is 4.79 Å². The van der Waals surface area contributed by atoms with Gasteiger partial charge in [0.15, 0.2) is 5.82 Å². The number of amides is 1. The van der Waals surface area contributed by atoms with Crippen molar-refractivity contribution in [3.8, 4) is 0 Å². The van der Waals surface area contributed by atoms with Gasteiger partial charge in [-0.05, 0) is 23.8 Å². The fourth-order valence-electron chi connectivity index (χ4n) is 2.47. The molecule has 0 saturated heterocycles. The number of carbonyl (C=O) groups excluding carboxylic acids is 1. The molecule has 7 heteroatoms. The number of nitrogens with zero attached hydrogens (tertiary/aromatic N) is 3. The molecule has 0 saturated carbocycles. The molecule has 1 amide bonds. The fraction of sp³-hybridized carbons (Fsp3) is 0.211. The van der Waals surface area contributed by atoms with Crippen molar-refractivity contribution < 1.29 is 9.32 Å². The van der Waals surface area contributed by atoms with E-state index in [2.05, 4.69) is 15.5 Å². The number of anilines is 1. The number of carbonyl (C=O) groups is 1. The molecule has 0 aliphatic carbocycles. The third kappa shape index (κ3) is 4.40. The minimum absolute atomic E-state index is 0.112. The van der Waals surface area contributed by atoms with Gasteiger partial charge in [0.1, 0.15) is 0 Å². The molecule has 0 bridgehead atoms. The number of nitrogens with one attached hydrogen (secondary N) is 1. The molecule has 1 heterocycles. The maximum atomic E-state index is 12.3. The fourth-order valence-corrected chi connectivity index (χ4v) is 2.65. The molecule has 0 fully saturated rings. The highest BCUT2D eigenvalue weighted by Crippen LogP contribution is 2.22. The summed E-state index contributed by atoms with van der Waals surface area (Å²) in [6, 6.07) is 15.0. The number of hydrogen-bond donors (Lipinski definition) is 1. The minimum atomic E-state index is -0.112. The molecule has 2 aromatic carbocycles. The Morgan fingerprint density at radius 3 is 2.69 bits per heavy atom. The van der Waals surface area contributed by atoms with E-state index in [1.54, 1.807) is 32.3 Å². The van der Waals surface area contributed by atoms with Crippen molar-refractivity contribution in [2.24, 2.45) is 0 Å². The molecular formula is C19H19ClN4O2. The highest BCUT2D eigenvalue weighted by atomic mass is 35.5. The first-order valence-corrected chi connectivity index (χ1v) is 8.51. The van der Waals surface area contributed by atoms with Crippen molar-refractivity contribution in [1.82, 2.24) is 15.0 Å². The highest BCUT2D eigenvalue weighted by molar-refractivity contribution is 6.31. The van der Waals surface area contributed by atoms with Crippen LogP contribution in [0.5, 0.6) is 0 Å². The maximum Gasteiger partial charge on any atom is 0.255 e. The van der Waals surface area contributed by atoms with Gasteiger partial charge < -0.3 is 14.7 Å². The second-order valence-corrected chi connectivity index (χ2v) is 6.45. The summed E-state index contributed by atoms with van der Waals surface area (Å²) in [6.45, 7) is 0.301. The van der Waals surface area contributed by atoms with Crippen LogP contribution in [-0.2, 0) is 13.0 Å². The Balaban J connectivity index is 1.70. The van der Waals surface area contributed by atoms with Gasteiger partial charge in [0, 0.05) is 31.2 Å². The van der Waals surface area contributed by atoms with Gasteiger partial charge in [-0.15, -0.1) is 0 Å². The van der Waals surface area contributed by atoms with Crippen molar-refractivity contribution in [2.45, 2.75) is 13.0 Å². The van der Waals surface area contributed by atoms with E-state index in [9.17, 15) is 4.79 Å². The molecule has 134 valence electrons. The smallest absolute Gasteiger partial charge is 0.255 e. The lowest BCUT2D eigenvalue weighted by Crippen LogP contribution is -2.23. The molecular weight excluding hydrogens is 352 g/mol. The predicted molar refractivity (Wildman–Crippen MR) is 100 cm³/mol. The first-order valence-electron chi connectivity index (χ1n) is 8.13. The van der Waals surface area contributed by atoms with E-state index < -0.39 is 0 Å². The van der Waals surface area contributed by atoms with E-state index >= 15 is 0 Å². The van der Waals surface area contributed by atoms with Gasteiger partial charge in [-0.2, -0.15) is 4.98 Å². The van der Waals surface area contributed by atoms with Crippen LogP contribution in [0.1, 0.15) is 27.6 Å². The topological polar surface area (TPSA) is 71.3 Å². The lowest BCUT2D eigenvalue weighted by Gasteiger charge is -2.15. The average Bonchev–Trinajstić information content (AvgIpc) is 3.07. The molecule has 3 rings (SSSR count). The van der Waals surface area contributed by atoms with Crippen LogP contribution in [0.3, 0.4) is 0 Å². The van der Waals surface area contributed by atoms with Gasteiger partial charge >= 0.3 is 0 Å². The zero-order valence-electron chi connectivity index (χ0n) is 14.6. The third-order valence-corrected chi connectivity index (χ3v) is 4.00. The maximum absolute atomic E-state index is 12.3. The van der Waals surface area contributed by atoms with Gasteiger partial charge in [0.25, 0.3) is 5.91 Å². The van der Waals surface area contributed by atoms with E-state index in [0.717, 1.165) is 5.56 Å². The van der Waals surface area contributed by atoms with Gasteiger partial charge in [0.05, 0.1) is 12.1 Å². The summed E-state index contributed by atoms with van der Waals surface area (Å²) in [4.78, 5) is 18.2. The van der Waals surface area contributed by atoms with Crippen LogP contribution in [-0.4, -0.2) is 35.0 Å². The molecule has 0 spiro atoms. The van der Waals surface area contributed by atoms with Crippen LogP contribution >= 0.6 is 11.6 Å². The van der Waals surface area contributed by atoms with Crippen LogP contribution in [0, 0.1) is 0 Å². The molecule has 0 aliphatic heterocycles. The lowest BCUT2D eigenvalue weighted by molar-refractivity contribution is 0.0828. The van der Waals surface area contributed by atoms with Crippen LogP contribution in [0.2, 0.25) is 5.02 Å². The van der Waals surface area contributed by atoms with E-state index in [1.807, 2.05) is 30.3 Å². The van der Waals surface area contributed by atoms with Crippen LogP contribution < -0.4 is 5.32 Å². The standard InChI is InChI=1S/C19H19ClN4O2/c1-24(2)19(25)15-9-8-14(20)11-16(15)21-12-18-22-17(23-26-18)10-13-6-4-3-5-7-13/h3-9,11,21H,10,12H2,1-2H3. The largest absolute Gasteiger partial charge is 0.375 e. The number of benzene rings is 2. The average molecular weight is 371 g/mol. The first kappa shape index (κ1) is 17.9. The third-order valence-electron chi connectivity index (χ3n) is 3.76. The molecule has 3 aromatic rings. The Labute approximate surface area is 156 Å². The highest BCUT2D eigenvalue weighted by Gasteiger charge is 2.15. The first-order chi connectivity index (χ1) is 12.5. The van der Waals surface area contributed by atoms with Crippen LogP contribution in [0.15, 0.2) is 53.1 Å². The minimum Gasteiger partial charge on any atom is -0.375 e. The second kappa shape index (κ2) is 8.01. The van der Waals surface area contributed by atoms with Gasteiger partial charge in [-0.25, -0.2) is 0 Å². The molecule has 6 nitrogen and oxygen atoms in total. The van der Waals surface area contributed by atoms with Crippen LogP contribution in [0.4, 0.5) is 5.69 Å². The monoisotopic (exact) mass is 370 g/mol. The summed E-state index contributed by atoms with van der Waals surface area (Å²) in [5, 5.41) is 7.69. The molecule has 0 atom stereocenters. The molecule has 1 aromatic heterocycles. The van der Waals surface area contributed by atoms with Crippen molar-refractivity contribution in [3.05, 3.63) is 76.4 Å². The summed E-state index contributed by atoms with van der Waals surface area (Å²) in [7, 11) is 3.41. The van der Waals surface area contributed by atoms with Crippen molar-refractivity contribution in [1.29, 1.82) is 0 Å². The number of aromatic nitrogens is 2. The molecule has 0 unspecified atom stereocenters. The molecule has 0 aliphatic rings. The quantitative estimate of drug-likeness (QED) is 0.717. The summed E-state index contributed by atoms with van der Waals surface area (Å²) in [5.74, 6) is 0.947. The summed E-state index contributed by atoms with van der Waals surface area (Å²) in [6.07, 6.45) is 0.603. The van der Waals surface area contributed by atoms with Crippen molar-refractivity contribution >= 4 is 23.2 Å². The van der Waals surface area contributed by atoms with E-state index in [-0.39, 0.29) is 5.91 Å². The molecule has 26 heavy (non-hydrogen) atoms. The molecule has 1 N–H and O–H groups in total. The van der Waals surface area contributed by atoms with E-state index in [1.165, 1.54) is 4.90 Å². The summed E-state index contributed by atoms with van der Waals surface area (Å²) >= 11 is 6.06. The van der Waals surface area contributed by atoms with Crippen molar-refractivity contribution in [2.75, 3.05) is 19.4 Å². The Hall–Kier alpha value is -2.86. The zero-order valence-corrected chi connectivity index (χ0v) is 15.3. The molecule has 0 radical (unpaired) electrons. The van der Waals surface area contributed by atoms with E-state index in [0.29, 0.717) is 41.0 Å². The normalized spacial score (nSPS) is 10.6. The van der Waals surface area contributed by atoms with E-state index in [4.69, 9.17) is 16.1 Å². The van der Waals surface area contributed by atoms with Crippen LogP contribution in [0.25, 0.3) is 0 Å². The number of rotatable bonds is 6. The van der Waals surface area contributed by atoms with Gasteiger partial charge in [0.2, 0.25) is 5.89 Å². The summed E-state index contributed by atoms with van der Waals surface area (Å²) < 4.78 is 5.28. The Morgan fingerprint density at radius 2 is 1.96 bits per heavy atom.